The van der Waals surface area contributed by atoms with E-state index in [0.717, 1.165) is 44.6 Å². The molecule has 132 valence electrons. The van der Waals surface area contributed by atoms with Gasteiger partial charge in [0.15, 0.2) is 0 Å². The Morgan fingerprint density at radius 2 is 1.62 bits per heavy atom. The molecule has 1 atom stereocenters. The first kappa shape index (κ1) is 16.8. The molecule has 0 aromatic heterocycles. The van der Waals surface area contributed by atoms with Gasteiger partial charge in [-0.3, -0.25) is 0 Å². The van der Waals surface area contributed by atoms with Crippen molar-refractivity contribution in [2.45, 2.75) is 12.8 Å². The predicted octanol–water partition coefficient (Wildman–Crippen LogP) is 5.58. The van der Waals surface area contributed by atoms with Crippen LogP contribution in [0.15, 0.2) is 54.6 Å². The quantitative estimate of drug-likeness (QED) is 0.472. The molecule has 1 aliphatic rings. The second-order valence-corrected chi connectivity index (χ2v) is 7.39. The van der Waals surface area contributed by atoms with E-state index in [1.807, 2.05) is 39.2 Å². The summed E-state index contributed by atoms with van der Waals surface area (Å²) >= 11 is 6.11. The largest absolute Gasteiger partial charge is 0.457 e. The van der Waals surface area contributed by atoms with E-state index < -0.39 is 0 Å². The van der Waals surface area contributed by atoms with Crippen LogP contribution >= 0.6 is 11.6 Å². The van der Waals surface area contributed by atoms with Crippen molar-refractivity contribution in [3.05, 3.63) is 81.9 Å². The van der Waals surface area contributed by atoms with Gasteiger partial charge in [0, 0.05) is 59.7 Å². The SMILES string of the molecule is Cc1cc2c(cc1N)Oc1cc(N(C)C)ccc1C2c1ccc(Cl)cc1. The molecule has 3 nitrogen and oxygen atoms in total. The highest BCUT2D eigenvalue weighted by atomic mass is 35.5. The summed E-state index contributed by atoms with van der Waals surface area (Å²) in [5, 5.41) is 0.734. The Morgan fingerprint density at radius 1 is 0.923 bits per heavy atom. The molecule has 0 fully saturated rings. The molecule has 0 bridgehead atoms. The average molecular weight is 365 g/mol. The van der Waals surface area contributed by atoms with Crippen molar-refractivity contribution in [2.24, 2.45) is 0 Å². The van der Waals surface area contributed by atoms with Gasteiger partial charge >= 0.3 is 0 Å². The van der Waals surface area contributed by atoms with Crippen molar-refractivity contribution in [3.63, 3.8) is 0 Å². The molecule has 0 radical (unpaired) electrons. The maximum atomic E-state index is 6.25. The molecule has 0 saturated heterocycles. The molecule has 4 heteroatoms. The third kappa shape index (κ3) is 2.78. The highest BCUT2D eigenvalue weighted by Gasteiger charge is 2.29. The molecular formula is C22H21ClN2O. The Labute approximate surface area is 159 Å². The van der Waals surface area contributed by atoms with Crippen LogP contribution in [0.2, 0.25) is 5.02 Å². The van der Waals surface area contributed by atoms with E-state index in [2.05, 4.69) is 41.3 Å². The molecule has 4 rings (SSSR count). The minimum Gasteiger partial charge on any atom is -0.457 e. The average Bonchev–Trinajstić information content (AvgIpc) is 2.61. The summed E-state index contributed by atoms with van der Waals surface area (Å²) in [5.41, 5.74) is 12.5. The molecule has 0 amide bonds. The molecule has 26 heavy (non-hydrogen) atoms. The number of benzene rings is 3. The normalized spacial score (nSPS) is 15.0. The lowest BCUT2D eigenvalue weighted by Crippen LogP contribution is -2.14. The number of ether oxygens (including phenoxy) is 1. The summed E-state index contributed by atoms with van der Waals surface area (Å²) in [7, 11) is 4.05. The van der Waals surface area contributed by atoms with Gasteiger partial charge in [-0.1, -0.05) is 29.8 Å². The summed E-state index contributed by atoms with van der Waals surface area (Å²) in [5.74, 6) is 1.77. The highest BCUT2D eigenvalue weighted by molar-refractivity contribution is 6.30. The van der Waals surface area contributed by atoms with Crippen LogP contribution in [0.25, 0.3) is 0 Å². The number of fused-ring (bicyclic) bond motifs is 2. The molecule has 3 aromatic carbocycles. The molecular weight excluding hydrogens is 344 g/mol. The predicted molar refractivity (Wildman–Crippen MR) is 109 cm³/mol. The van der Waals surface area contributed by atoms with E-state index >= 15 is 0 Å². The summed E-state index contributed by atoms with van der Waals surface area (Å²) in [4.78, 5) is 2.07. The van der Waals surface area contributed by atoms with Crippen LogP contribution in [0.5, 0.6) is 11.5 Å². The fourth-order valence-corrected chi connectivity index (χ4v) is 3.59. The Morgan fingerprint density at radius 3 is 2.31 bits per heavy atom. The van der Waals surface area contributed by atoms with Gasteiger partial charge in [0.1, 0.15) is 11.5 Å². The van der Waals surface area contributed by atoms with Crippen molar-refractivity contribution in [1.29, 1.82) is 0 Å². The van der Waals surface area contributed by atoms with E-state index in [-0.39, 0.29) is 5.92 Å². The van der Waals surface area contributed by atoms with Crippen LogP contribution in [0.3, 0.4) is 0 Å². The summed E-state index contributed by atoms with van der Waals surface area (Å²) in [6.45, 7) is 2.03. The van der Waals surface area contributed by atoms with Gasteiger partial charge in [-0.05, 0) is 42.3 Å². The van der Waals surface area contributed by atoms with Crippen LogP contribution in [-0.4, -0.2) is 14.1 Å². The Hall–Kier alpha value is -2.65. The lowest BCUT2D eigenvalue weighted by atomic mass is 9.82. The van der Waals surface area contributed by atoms with Gasteiger partial charge in [0.05, 0.1) is 0 Å². The van der Waals surface area contributed by atoms with Crippen LogP contribution in [0.4, 0.5) is 11.4 Å². The van der Waals surface area contributed by atoms with Gasteiger partial charge in [-0.2, -0.15) is 0 Å². The van der Waals surface area contributed by atoms with E-state index in [4.69, 9.17) is 22.1 Å². The van der Waals surface area contributed by atoms with Crippen LogP contribution < -0.4 is 15.4 Å². The molecule has 1 unspecified atom stereocenters. The number of rotatable bonds is 2. The van der Waals surface area contributed by atoms with Crippen LogP contribution in [-0.2, 0) is 0 Å². The molecule has 0 aliphatic carbocycles. The Balaban J connectivity index is 1.94. The number of hydrogen-bond acceptors (Lipinski definition) is 3. The van der Waals surface area contributed by atoms with Gasteiger partial charge in [0.2, 0.25) is 0 Å². The molecule has 3 aromatic rings. The number of halogens is 1. The molecule has 2 N–H and O–H groups in total. The van der Waals surface area contributed by atoms with E-state index in [1.165, 1.54) is 5.56 Å². The van der Waals surface area contributed by atoms with E-state index in [1.54, 1.807) is 0 Å². The monoisotopic (exact) mass is 364 g/mol. The van der Waals surface area contributed by atoms with E-state index in [0.29, 0.717) is 0 Å². The fourth-order valence-electron chi connectivity index (χ4n) is 3.47. The maximum absolute atomic E-state index is 6.25. The fraction of sp³-hybridized carbons (Fsp3) is 0.182. The third-order valence-corrected chi connectivity index (χ3v) is 5.21. The topological polar surface area (TPSA) is 38.5 Å². The van der Waals surface area contributed by atoms with Gasteiger partial charge in [-0.15, -0.1) is 0 Å². The van der Waals surface area contributed by atoms with Crippen LogP contribution in [0, 0.1) is 6.92 Å². The smallest absolute Gasteiger partial charge is 0.133 e. The lowest BCUT2D eigenvalue weighted by molar-refractivity contribution is 0.453. The summed E-state index contributed by atoms with van der Waals surface area (Å²) in [6.07, 6.45) is 0. The molecule has 1 heterocycles. The summed E-state index contributed by atoms with van der Waals surface area (Å²) < 4.78 is 6.25. The molecule has 0 spiro atoms. The first-order valence-electron chi connectivity index (χ1n) is 8.58. The second kappa shape index (κ2) is 6.26. The van der Waals surface area contributed by atoms with Gasteiger partial charge < -0.3 is 15.4 Å². The standard InChI is InChI=1S/C22H21ClN2O/c1-13-10-18-21(12-19(13)24)26-20-11-16(25(2)3)8-9-17(20)22(18)14-4-6-15(23)7-5-14/h4-12,22H,24H2,1-3H3. The molecule has 1 aliphatic heterocycles. The first-order valence-corrected chi connectivity index (χ1v) is 8.96. The second-order valence-electron chi connectivity index (χ2n) is 6.95. The minimum absolute atomic E-state index is 0.0847. The van der Waals surface area contributed by atoms with Crippen molar-refractivity contribution in [3.8, 4) is 11.5 Å². The number of nitrogens with zero attached hydrogens (tertiary/aromatic N) is 1. The van der Waals surface area contributed by atoms with Gasteiger partial charge in [0.25, 0.3) is 0 Å². The van der Waals surface area contributed by atoms with Crippen molar-refractivity contribution >= 4 is 23.0 Å². The van der Waals surface area contributed by atoms with Crippen molar-refractivity contribution in [1.82, 2.24) is 0 Å². The van der Waals surface area contributed by atoms with E-state index in [9.17, 15) is 0 Å². The highest BCUT2D eigenvalue weighted by Crippen LogP contribution is 2.49. The summed E-state index contributed by atoms with van der Waals surface area (Å²) in [6, 6.07) is 18.4. The van der Waals surface area contributed by atoms with Crippen LogP contribution in [0.1, 0.15) is 28.2 Å². The zero-order chi connectivity index (χ0) is 18.4. The van der Waals surface area contributed by atoms with Crippen molar-refractivity contribution < 1.29 is 4.74 Å². The molecule has 0 saturated carbocycles. The number of nitrogen functional groups attached to an aromatic ring is 1. The Bertz CT molecular complexity index is 980. The maximum Gasteiger partial charge on any atom is 0.133 e. The zero-order valence-corrected chi connectivity index (χ0v) is 15.8. The first-order chi connectivity index (χ1) is 12.4. The lowest BCUT2D eigenvalue weighted by Gasteiger charge is -2.30. The number of nitrogens with two attached hydrogens (primary N) is 1. The minimum atomic E-state index is 0.0847. The number of anilines is 2. The number of hydrogen-bond donors (Lipinski definition) is 1. The number of aryl methyl sites for hydroxylation is 1. The third-order valence-electron chi connectivity index (χ3n) is 4.96. The van der Waals surface area contributed by atoms with Crippen molar-refractivity contribution in [2.75, 3.05) is 24.7 Å². The zero-order valence-electron chi connectivity index (χ0n) is 15.1. The Kier molecular flexibility index (Phi) is 4.04. The van der Waals surface area contributed by atoms with Gasteiger partial charge in [-0.25, -0.2) is 0 Å².